The molecule has 3 fully saturated rings. The van der Waals surface area contributed by atoms with Crippen LogP contribution < -0.4 is 11.2 Å². The standard InChI is InChI=1S/C17H20N2O7/c1-2-17-12(24-16(26-17)6-3-4-7-16)15(9-20,10-21)25-13(17)19-8-5-11(22)18-14(19)23/h1,5,8,12-13,20-21H,3-4,6-7,9-10H2,(H,18,22,23). The second kappa shape index (κ2) is 5.77. The SMILES string of the molecule is C#CC12OC3(CCCC3)OC1C(CO)(CO)OC2n1ccc(=O)[nH]c1=O. The Morgan fingerprint density at radius 3 is 2.54 bits per heavy atom. The van der Waals surface area contributed by atoms with Gasteiger partial charge in [-0.05, 0) is 12.8 Å². The predicted octanol–water partition coefficient (Wildman–Crippen LogP) is -1.15. The third-order valence-corrected chi connectivity index (χ3v) is 5.50. The summed E-state index contributed by atoms with van der Waals surface area (Å²) in [7, 11) is 0. The highest BCUT2D eigenvalue weighted by Crippen LogP contribution is 2.57. The summed E-state index contributed by atoms with van der Waals surface area (Å²) in [6.45, 7) is -1.16. The van der Waals surface area contributed by atoms with Crippen LogP contribution in [0.15, 0.2) is 21.9 Å². The number of aliphatic hydroxyl groups is 2. The number of aliphatic hydroxyl groups excluding tert-OH is 2. The summed E-state index contributed by atoms with van der Waals surface area (Å²) >= 11 is 0. The molecule has 1 aromatic heterocycles. The molecule has 0 bridgehead atoms. The fraction of sp³-hybridized carbons (Fsp3) is 0.647. The van der Waals surface area contributed by atoms with Crippen LogP contribution in [0.2, 0.25) is 0 Å². The van der Waals surface area contributed by atoms with E-state index in [0.29, 0.717) is 12.8 Å². The highest BCUT2D eigenvalue weighted by atomic mass is 16.8. The lowest BCUT2D eigenvalue weighted by Gasteiger charge is -2.32. The maximum atomic E-state index is 12.3. The molecule has 9 nitrogen and oxygen atoms in total. The Morgan fingerprint density at radius 1 is 1.27 bits per heavy atom. The number of aromatic amines is 1. The molecule has 3 N–H and O–H groups in total. The molecule has 1 aliphatic carbocycles. The second-order valence-corrected chi connectivity index (χ2v) is 7.02. The average Bonchev–Trinajstić information content (AvgIpc) is 3.29. The highest BCUT2D eigenvalue weighted by molar-refractivity contribution is 5.28. The number of rotatable bonds is 3. The van der Waals surface area contributed by atoms with E-state index in [-0.39, 0.29) is 0 Å². The van der Waals surface area contributed by atoms with Gasteiger partial charge in [-0.3, -0.25) is 14.3 Å². The summed E-state index contributed by atoms with van der Waals surface area (Å²) in [5.74, 6) is 1.63. The molecule has 0 amide bonds. The number of nitrogens with one attached hydrogen (secondary N) is 1. The van der Waals surface area contributed by atoms with Gasteiger partial charge in [-0.15, -0.1) is 6.42 Å². The summed E-state index contributed by atoms with van der Waals surface area (Å²) in [4.78, 5) is 25.8. The average molecular weight is 364 g/mol. The lowest BCUT2D eigenvalue weighted by Crippen LogP contribution is -2.52. The number of aromatic nitrogens is 2. The lowest BCUT2D eigenvalue weighted by molar-refractivity contribution is -0.252. The van der Waals surface area contributed by atoms with Crippen molar-refractivity contribution < 1.29 is 24.4 Å². The van der Waals surface area contributed by atoms with Crippen LogP contribution in [0.1, 0.15) is 31.9 Å². The monoisotopic (exact) mass is 364 g/mol. The molecule has 0 radical (unpaired) electrons. The minimum absolute atomic E-state index is 0.568. The van der Waals surface area contributed by atoms with E-state index in [9.17, 15) is 19.8 Å². The van der Waals surface area contributed by atoms with Crippen LogP contribution in [-0.4, -0.2) is 56.1 Å². The molecule has 1 aromatic rings. The summed E-state index contributed by atoms with van der Waals surface area (Å²) in [6.07, 6.45) is 7.92. The molecule has 0 aromatic carbocycles. The number of terminal acetylenes is 1. The Bertz CT molecular complexity index is 859. The van der Waals surface area contributed by atoms with Gasteiger partial charge in [0.1, 0.15) is 11.7 Å². The number of ether oxygens (including phenoxy) is 3. The first kappa shape index (κ1) is 17.5. The van der Waals surface area contributed by atoms with Gasteiger partial charge in [-0.2, -0.15) is 0 Å². The summed E-state index contributed by atoms with van der Waals surface area (Å²) in [5.41, 5.74) is -4.38. The fourth-order valence-corrected chi connectivity index (χ4v) is 4.21. The topological polar surface area (TPSA) is 123 Å². The first-order valence-corrected chi connectivity index (χ1v) is 8.51. The quantitative estimate of drug-likeness (QED) is 0.579. The Balaban J connectivity index is 1.88. The van der Waals surface area contributed by atoms with Crippen molar-refractivity contribution in [1.29, 1.82) is 0 Å². The van der Waals surface area contributed by atoms with Crippen molar-refractivity contribution in [3.05, 3.63) is 33.1 Å². The summed E-state index contributed by atoms with van der Waals surface area (Å²) in [5, 5.41) is 19.9. The minimum atomic E-state index is -1.54. The lowest BCUT2D eigenvalue weighted by atomic mass is 9.87. The van der Waals surface area contributed by atoms with E-state index in [1.165, 1.54) is 6.20 Å². The molecule has 3 heterocycles. The van der Waals surface area contributed by atoms with E-state index in [1.54, 1.807) is 0 Å². The van der Waals surface area contributed by atoms with Gasteiger partial charge in [-0.1, -0.05) is 5.92 Å². The Morgan fingerprint density at radius 2 is 1.96 bits per heavy atom. The molecule has 1 spiro atoms. The van der Waals surface area contributed by atoms with Crippen molar-refractivity contribution in [2.45, 2.75) is 55.0 Å². The van der Waals surface area contributed by atoms with Gasteiger partial charge in [0.15, 0.2) is 12.0 Å². The van der Waals surface area contributed by atoms with Gasteiger partial charge in [0.25, 0.3) is 5.56 Å². The van der Waals surface area contributed by atoms with E-state index in [2.05, 4.69) is 10.9 Å². The number of hydrogen-bond acceptors (Lipinski definition) is 7. The number of fused-ring (bicyclic) bond motifs is 1. The molecule has 3 atom stereocenters. The zero-order valence-corrected chi connectivity index (χ0v) is 14.0. The van der Waals surface area contributed by atoms with Gasteiger partial charge in [0.05, 0.1) is 13.2 Å². The molecule has 3 aliphatic rings. The number of H-pyrrole nitrogens is 1. The van der Waals surface area contributed by atoms with Crippen molar-refractivity contribution in [1.82, 2.24) is 9.55 Å². The maximum Gasteiger partial charge on any atom is 0.330 e. The molecule has 140 valence electrons. The number of hydrogen-bond donors (Lipinski definition) is 3. The Labute approximate surface area is 148 Å². The van der Waals surface area contributed by atoms with Gasteiger partial charge in [0, 0.05) is 25.1 Å². The molecule has 2 aliphatic heterocycles. The minimum Gasteiger partial charge on any atom is -0.393 e. The molecular weight excluding hydrogens is 344 g/mol. The van der Waals surface area contributed by atoms with Crippen molar-refractivity contribution in [3.63, 3.8) is 0 Å². The van der Waals surface area contributed by atoms with Crippen LogP contribution in [-0.2, 0) is 14.2 Å². The van der Waals surface area contributed by atoms with Crippen LogP contribution in [0, 0.1) is 12.3 Å². The van der Waals surface area contributed by atoms with E-state index < -0.39 is 53.8 Å². The smallest absolute Gasteiger partial charge is 0.330 e. The molecular formula is C17H20N2O7. The van der Waals surface area contributed by atoms with Crippen molar-refractivity contribution in [2.75, 3.05) is 13.2 Å². The van der Waals surface area contributed by atoms with Crippen molar-refractivity contribution in [2.24, 2.45) is 0 Å². The Kier molecular flexibility index (Phi) is 3.87. The van der Waals surface area contributed by atoms with Crippen LogP contribution in [0.25, 0.3) is 0 Å². The second-order valence-electron chi connectivity index (χ2n) is 7.02. The van der Waals surface area contributed by atoms with Crippen molar-refractivity contribution >= 4 is 0 Å². The van der Waals surface area contributed by atoms with Crippen LogP contribution in [0.4, 0.5) is 0 Å². The zero-order chi connectivity index (χ0) is 18.6. The summed E-state index contributed by atoms with van der Waals surface area (Å²) < 4.78 is 19.3. The zero-order valence-electron chi connectivity index (χ0n) is 14.0. The van der Waals surface area contributed by atoms with Crippen LogP contribution >= 0.6 is 0 Å². The molecule has 4 rings (SSSR count). The van der Waals surface area contributed by atoms with E-state index in [0.717, 1.165) is 23.5 Å². The predicted molar refractivity (Wildman–Crippen MR) is 87.1 cm³/mol. The van der Waals surface area contributed by atoms with Gasteiger partial charge in [0.2, 0.25) is 5.60 Å². The van der Waals surface area contributed by atoms with Gasteiger partial charge < -0.3 is 24.4 Å². The third kappa shape index (κ3) is 2.17. The molecule has 3 unspecified atom stereocenters. The van der Waals surface area contributed by atoms with Gasteiger partial charge in [-0.25, -0.2) is 4.79 Å². The number of nitrogens with zero attached hydrogens (tertiary/aromatic N) is 1. The van der Waals surface area contributed by atoms with E-state index in [4.69, 9.17) is 20.6 Å². The van der Waals surface area contributed by atoms with E-state index in [1.807, 2.05) is 0 Å². The largest absolute Gasteiger partial charge is 0.393 e. The fourth-order valence-electron chi connectivity index (χ4n) is 4.21. The Hall–Kier alpha value is -1.96. The molecule has 2 saturated heterocycles. The maximum absolute atomic E-state index is 12.3. The summed E-state index contributed by atoms with van der Waals surface area (Å²) in [6, 6.07) is 1.16. The third-order valence-electron chi connectivity index (χ3n) is 5.50. The van der Waals surface area contributed by atoms with Crippen LogP contribution in [0.5, 0.6) is 0 Å². The molecule has 9 heteroatoms. The molecule has 1 saturated carbocycles. The first-order chi connectivity index (χ1) is 12.4. The first-order valence-electron chi connectivity index (χ1n) is 8.51. The van der Waals surface area contributed by atoms with Gasteiger partial charge >= 0.3 is 5.69 Å². The van der Waals surface area contributed by atoms with Crippen LogP contribution in [0.3, 0.4) is 0 Å². The van der Waals surface area contributed by atoms with Crippen molar-refractivity contribution in [3.8, 4) is 12.3 Å². The normalized spacial score (nSPS) is 34.0. The highest BCUT2D eigenvalue weighted by Gasteiger charge is 2.73. The molecule has 26 heavy (non-hydrogen) atoms. The van der Waals surface area contributed by atoms with E-state index >= 15 is 0 Å².